The zero-order chi connectivity index (χ0) is 13.5. The highest BCUT2D eigenvalue weighted by Gasteiger charge is 2.14. The van der Waals surface area contributed by atoms with E-state index in [2.05, 4.69) is 5.32 Å². The summed E-state index contributed by atoms with van der Waals surface area (Å²) in [5.41, 5.74) is 5.24. The first-order valence-electron chi connectivity index (χ1n) is 5.65. The summed E-state index contributed by atoms with van der Waals surface area (Å²) >= 11 is 0. The third-order valence-corrected chi connectivity index (χ3v) is 3.36. The number of carbonyl (C=O) groups excluding carboxylic acids is 1. The van der Waals surface area contributed by atoms with Gasteiger partial charge in [-0.15, -0.1) is 0 Å². The fourth-order valence-corrected chi connectivity index (χ4v) is 2.02. The van der Waals surface area contributed by atoms with Gasteiger partial charge in [0.05, 0.1) is 11.8 Å². The van der Waals surface area contributed by atoms with Crippen LogP contribution in [0.3, 0.4) is 0 Å². The van der Waals surface area contributed by atoms with Crippen LogP contribution in [0, 0.1) is 0 Å². The van der Waals surface area contributed by atoms with Gasteiger partial charge >= 0.3 is 0 Å². The monoisotopic (exact) mass is 265 g/mol. The highest BCUT2D eigenvalue weighted by Crippen LogP contribution is 1.95. The highest BCUT2D eigenvalue weighted by molar-refractivity contribution is 7.90. The Morgan fingerprint density at radius 1 is 1.41 bits per heavy atom. The van der Waals surface area contributed by atoms with Gasteiger partial charge in [0.1, 0.15) is 9.84 Å². The Morgan fingerprint density at radius 3 is 2.41 bits per heavy atom. The molecule has 1 unspecified atom stereocenters. The van der Waals surface area contributed by atoms with Gasteiger partial charge in [-0.2, -0.15) is 0 Å². The summed E-state index contributed by atoms with van der Waals surface area (Å²) in [6.07, 6.45) is 1.80. The van der Waals surface area contributed by atoms with E-state index >= 15 is 0 Å². The Balaban J connectivity index is 3.96. The van der Waals surface area contributed by atoms with Crippen molar-refractivity contribution in [2.24, 2.45) is 5.73 Å². The third-order valence-electron chi connectivity index (χ3n) is 2.44. The molecule has 0 aromatic carbocycles. The lowest BCUT2D eigenvalue weighted by Crippen LogP contribution is -2.43. The van der Waals surface area contributed by atoms with Crippen molar-refractivity contribution < 1.29 is 13.2 Å². The molecular weight excluding hydrogens is 242 g/mol. The van der Waals surface area contributed by atoms with Gasteiger partial charge in [-0.25, -0.2) is 8.42 Å². The predicted octanol–water partition coefficient (Wildman–Crippen LogP) is -1.18. The molecule has 0 bridgehead atoms. The fraction of sp³-hybridized carbons (Fsp3) is 0.900. The minimum absolute atomic E-state index is 0.131. The Labute approximate surface area is 103 Å². The Hall–Kier alpha value is -0.660. The summed E-state index contributed by atoms with van der Waals surface area (Å²) in [5.74, 6) is -0.241. The molecule has 102 valence electrons. The van der Waals surface area contributed by atoms with E-state index in [1.165, 1.54) is 6.26 Å². The van der Waals surface area contributed by atoms with E-state index in [1.807, 2.05) is 18.9 Å². The van der Waals surface area contributed by atoms with Gasteiger partial charge < -0.3 is 16.0 Å². The molecule has 3 N–H and O–H groups in total. The molecule has 0 rings (SSSR count). The van der Waals surface area contributed by atoms with E-state index in [0.29, 0.717) is 26.1 Å². The second-order valence-electron chi connectivity index (χ2n) is 4.23. The molecule has 0 saturated heterocycles. The quantitative estimate of drug-likeness (QED) is 0.547. The summed E-state index contributed by atoms with van der Waals surface area (Å²) in [6.45, 7) is 3.69. The molecule has 0 aromatic rings. The first-order chi connectivity index (χ1) is 7.76. The third kappa shape index (κ3) is 9.08. The lowest BCUT2D eigenvalue weighted by molar-refractivity contribution is -0.120. The van der Waals surface area contributed by atoms with E-state index in [1.54, 1.807) is 0 Å². The number of nitrogens with zero attached hydrogens (tertiary/aromatic N) is 1. The number of primary amides is 1. The molecule has 17 heavy (non-hydrogen) atoms. The smallest absolute Gasteiger partial charge is 0.234 e. The predicted molar refractivity (Wildman–Crippen MR) is 68.5 cm³/mol. The van der Waals surface area contributed by atoms with Gasteiger partial charge in [-0.3, -0.25) is 4.79 Å². The number of nitrogens with two attached hydrogens (primary N) is 1. The van der Waals surface area contributed by atoms with E-state index in [0.717, 1.165) is 0 Å². The molecule has 1 amide bonds. The van der Waals surface area contributed by atoms with Crippen molar-refractivity contribution in [3.63, 3.8) is 0 Å². The molecule has 0 aliphatic carbocycles. The van der Waals surface area contributed by atoms with Crippen LogP contribution in [-0.2, 0) is 14.6 Å². The Morgan fingerprint density at radius 2 is 2.00 bits per heavy atom. The number of amides is 1. The van der Waals surface area contributed by atoms with Crippen LogP contribution in [-0.4, -0.2) is 64.0 Å². The van der Waals surface area contributed by atoms with Crippen LogP contribution in [0.15, 0.2) is 0 Å². The van der Waals surface area contributed by atoms with E-state index in [-0.39, 0.29) is 17.7 Å². The zero-order valence-corrected chi connectivity index (χ0v) is 11.6. The zero-order valence-electron chi connectivity index (χ0n) is 10.8. The van der Waals surface area contributed by atoms with Crippen LogP contribution in [0.2, 0.25) is 0 Å². The molecular formula is C10H23N3O3S. The first kappa shape index (κ1) is 16.3. The Kier molecular flexibility index (Phi) is 7.33. The van der Waals surface area contributed by atoms with Crippen LogP contribution in [0.5, 0.6) is 0 Å². The summed E-state index contributed by atoms with van der Waals surface area (Å²) in [4.78, 5) is 12.9. The van der Waals surface area contributed by atoms with Crippen molar-refractivity contribution >= 4 is 15.7 Å². The largest absolute Gasteiger partial charge is 0.368 e. The molecule has 0 spiro atoms. The summed E-state index contributed by atoms with van der Waals surface area (Å²) in [5, 5.41) is 2.99. The minimum Gasteiger partial charge on any atom is -0.368 e. The van der Waals surface area contributed by atoms with E-state index in [9.17, 15) is 13.2 Å². The van der Waals surface area contributed by atoms with Crippen LogP contribution in [0.1, 0.15) is 13.3 Å². The van der Waals surface area contributed by atoms with Gasteiger partial charge in [0.2, 0.25) is 5.91 Å². The van der Waals surface area contributed by atoms with Crippen molar-refractivity contribution in [3.8, 4) is 0 Å². The van der Waals surface area contributed by atoms with Crippen molar-refractivity contribution in [3.05, 3.63) is 0 Å². The molecule has 6 nitrogen and oxygen atoms in total. The molecule has 0 aromatic heterocycles. The molecule has 0 saturated carbocycles. The highest BCUT2D eigenvalue weighted by atomic mass is 32.2. The lowest BCUT2D eigenvalue weighted by atomic mass is 10.2. The topological polar surface area (TPSA) is 92.5 Å². The van der Waals surface area contributed by atoms with Gasteiger partial charge in [0, 0.05) is 12.8 Å². The number of rotatable bonds is 9. The van der Waals surface area contributed by atoms with Crippen molar-refractivity contribution in [1.29, 1.82) is 0 Å². The molecule has 0 aliphatic rings. The molecule has 0 aliphatic heterocycles. The normalized spacial score (nSPS) is 13.9. The number of hydrogen-bond acceptors (Lipinski definition) is 5. The Bertz CT molecular complexity index is 330. The second-order valence-corrected chi connectivity index (χ2v) is 6.49. The lowest BCUT2D eigenvalue weighted by Gasteiger charge is -2.19. The maximum atomic E-state index is 11.1. The van der Waals surface area contributed by atoms with Gasteiger partial charge in [0.25, 0.3) is 0 Å². The average Bonchev–Trinajstić information content (AvgIpc) is 2.19. The number of carbonyl (C=O) groups is 1. The van der Waals surface area contributed by atoms with Gasteiger partial charge in [-0.05, 0) is 26.6 Å². The SMILES string of the molecule is CCNC(CCN(C)CCS(C)(=O)=O)C(N)=O. The van der Waals surface area contributed by atoms with Crippen LogP contribution in [0.4, 0.5) is 0 Å². The molecule has 0 heterocycles. The summed E-state index contributed by atoms with van der Waals surface area (Å²) < 4.78 is 21.9. The van der Waals surface area contributed by atoms with Crippen molar-refractivity contribution in [1.82, 2.24) is 10.2 Å². The standard InChI is InChI=1S/C10H23N3O3S/c1-4-12-9(10(11)14)5-6-13(2)7-8-17(3,15)16/h9,12H,4-8H2,1-3H3,(H2,11,14). The maximum absolute atomic E-state index is 11.1. The fourth-order valence-electron chi connectivity index (χ4n) is 1.37. The first-order valence-corrected chi connectivity index (χ1v) is 7.71. The van der Waals surface area contributed by atoms with Crippen LogP contribution < -0.4 is 11.1 Å². The number of likely N-dealkylation sites (N-methyl/N-ethyl adjacent to an activating group) is 1. The minimum atomic E-state index is -2.93. The second kappa shape index (κ2) is 7.62. The van der Waals surface area contributed by atoms with Crippen molar-refractivity contribution in [2.75, 3.05) is 38.7 Å². The van der Waals surface area contributed by atoms with Crippen LogP contribution in [0.25, 0.3) is 0 Å². The molecule has 0 radical (unpaired) electrons. The van der Waals surface area contributed by atoms with Crippen molar-refractivity contribution in [2.45, 2.75) is 19.4 Å². The number of nitrogens with one attached hydrogen (secondary N) is 1. The van der Waals surface area contributed by atoms with Gasteiger partial charge in [0.15, 0.2) is 0 Å². The van der Waals surface area contributed by atoms with E-state index in [4.69, 9.17) is 5.73 Å². The number of hydrogen-bond donors (Lipinski definition) is 2. The maximum Gasteiger partial charge on any atom is 0.234 e. The molecule has 7 heteroatoms. The molecule has 0 fully saturated rings. The van der Waals surface area contributed by atoms with Gasteiger partial charge in [-0.1, -0.05) is 6.92 Å². The number of sulfone groups is 1. The van der Waals surface area contributed by atoms with Crippen LogP contribution >= 0.6 is 0 Å². The summed E-state index contributed by atoms with van der Waals surface area (Å²) in [6, 6.07) is -0.347. The average molecular weight is 265 g/mol. The van der Waals surface area contributed by atoms with E-state index < -0.39 is 9.84 Å². The molecule has 1 atom stereocenters. The summed E-state index contributed by atoms with van der Waals surface area (Å²) in [7, 11) is -1.10.